The molecule has 0 unspecified atom stereocenters. The molecule has 7 nitrogen and oxygen atoms in total. The van der Waals surface area contributed by atoms with Gasteiger partial charge in [0.15, 0.2) is 17.4 Å². The van der Waals surface area contributed by atoms with Crippen molar-refractivity contribution >= 4 is 24.8 Å². The van der Waals surface area contributed by atoms with Gasteiger partial charge in [-0.15, -0.1) is 0 Å². The Bertz CT molecular complexity index is 1520. The molecule has 2 heterocycles. The van der Waals surface area contributed by atoms with Gasteiger partial charge in [-0.1, -0.05) is 25.7 Å². The van der Waals surface area contributed by atoms with Crippen molar-refractivity contribution in [1.82, 2.24) is 9.55 Å². The quantitative estimate of drug-likeness (QED) is 0.126. The van der Waals surface area contributed by atoms with Crippen LogP contribution in [0.15, 0.2) is 48.8 Å². The zero-order valence-electron chi connectivity index (χ0n) is 22.7. The topological polar surface area (TPSA) is 95.3 Å². The number of hydrogen-bond donors (Lipinski definition) is 1. The molecule has 0 aliphatic carbocycles. The van der Waals surface area contributed by atoms with Gasteiger partial charge in [0.05, 0.1) is 17.1 Å². The van der Waals surface area contributed by atoms with Crippen LogP contribution in [0.3, 0.4) is 0 Å². The highest BCUT2D eigenvalue weighted by molar-refractivity contribution is 6.76. The normalized spacial score (nSPS) is 11.7. The fourth-order valence-electron chi connectivity index (χ4n) is 4.06. The number of nitriles is 1. The van der Waals surface area contributed by atoms with E-state index < -0.39 is 25.5 Å². The maximum Gasteiger partial charge on any atom is 0.198 e. The van der Waals surface area contributed by atoms with Gasteiger partial charge in [-0.05, 0) is 43.7 Å². The predicted molar refractivity (Wildman–Crippen MR) is 151 cm³/mol. The molecule has 4 rings (SSSR count). The molecule has 0 saturated heterocycles. The first kappa shape index (κ1) is 28.1. The monoisotopic (exact) mass is 550 g/mol. The number of nitrogens with two attached hydrogens (primary N) is 1. The molecule has 4 aromatic rings. The van der Waals surface area contributed by atoms with Crippen LogP contribution in [-0.4, -0.2) is 30.3 Å². The van der Waals surface area contributed by atoms with E-state index in [4.69, 9.17) is 19.9 Å². The Balaban J connectivity index is 1.83. The summed E-state index contributed by atoms with van der Waals surface area (Å²) in [5.41, 5.74) is 7.73. The third-order valence-corrected chi connectivity index (χ3v) is 7.66. The van der Waals surface area contributed by atoms with Crippen LogP contribution in [0, 0.1) is 23.0 Å². The van der Waals surface area contributed by atoms with Gasteiger partial charge in [0.2, 0.25) is 0 Å². The summed E-state index contributed by atoms with van der Waals surface area (Å²) in [6, 6.07) is 12.0. The summed E-state index contributed by atoms with van der Waals surface area (Å²) < 4.78 is 48.7. The van der Waals surface area contributed by atoms with E-state index >= 15 is 0 Å². The molecule has 0 atom stereocenters. The van der Waals surface area contributed by atoms with Gasteiger partial charge in [-0.3, -0.25) is 0 Å². The highest BCUT2D eigenvalue weighted by atomic mass is 28.3. The molecule has 204 valence electrons. The molecule has 39 heavy (non-hydrogen) atoms. The fourth-order valence-corrected chi connectivity index (χ4v) is 4.81. The number of pyridine rings is 1. The molecule has 2 N–H and O–H groups in total. The average Bonchev–Trinajstić information content (AvgIpc) is 3.23. The molecule has 0 aliphatic rings. The second-order valence-corrected chi connectivity index (χ2v) is 16.4. The van der Waals surface area contributed by atoms with Gasteiger partial charge in [-0.2, -0.15) is 5.26 Å². The summed E-state index contributed by atoms with van der Waals surface area (Å²) in [4.78, 5) is 4.53. The zero-order chi connectivity index (χ0) is 28.3. The van der Waals surface area contributed by atoms with Crippen molar-refractivity contribution in [2.45, 2.75) is 52.4 Å². The lowest BCUT2D eigenvalue weighted by atomic mass is 10.0. The summed E-state index contributed by atoms with van der Waals surface area (Å²) in [6.45, 7) is 11.4. The summed E-state index contributed by atoms with van der Waals surface area (Å²) in [6.07, 6.45) is 3.24. The van der Waals surface area contributed by atoms with Crippen molar-refractivity contribution in [2.24, 2.45) is 0 Å². The lowest BCUT2D eigenvalue weighted by Crippen LogP contribution is -2.22. The van der Waals surface area contributed by atoms with E-state index in [1.807, 2.05) is 30.7 Å². The smallest absolute Gasteiger partial charge is 0.198 e. The average molecular weight is 551 g/mol. The molecule has 0 bridgehead atoms. The van der Waals surface area contributed by atoms with Crippen molar-refractivity contribution in [3.8, 4) is 34.4 Å². The number of fused-ring (bicyclic) bond motifs is 1. The van der Waals surface area contributed by atoms with Crippen molar-refractivity contribution in [3.63, 3.8) is 0 Å². The molecule has 0 amide bonds. The van der Waals surface area contributed by atoms with Gasteiger partial charge in [0, 0.05) is 50.5 Å². The maximum atomic E-state index is 14.6. The van der Waals surface area contributed by atoms with Crippen LogP contribution in [0.1, 0.15) is 19.4 Å². The van der Waals surface area contributed by atoms with Gasteiger partial charge >= 0.3 is 0 Å². The lowest BCUT2D eigenvalue weighted by molar-refractivity contribution is 0.0899. The first-order chi connectivity index (χ1) is 18.5. The predicted octanol–water partition coefficient (Wildman–Crippen LogP) is 7.33. The summed E-state index contributed by atoms with van der Waals surface area (Å²) in [7, 11) is -1.28. The highest BCUT2D eigenvalue weighted by Crippen LogP contribution is 2.40. The minimum atomic E-state index is -1.28. The molecule has 2 aromatic carbocycles. The summed E-state index contributed by atoms with van der Waals surface area (Å²) in [5, 5.41) is 10.3. The molecule has 0 fully saturated rings. The largest absolute Gasteiger partial charge is 0.490 e. The molecule has 2 aromatic heterocycles. The number of hydrogen-bond acceptors (Lipinski definition) is 6. The van der Waals surface area contributed by atoms with Gasteiger partial charge < -0.3 is 24.5 Å². The van der Waals surface area contributed by atoms with E-state index in [2.05, 4.69) is 30.7 Å². The number of benzene rings is 2. The van der Waals surface area contributed by atoms with Crippen molar-refractivity contribution in [3.05, 3.63) is 66.0 Å². The van der Waals surface area contributed by atoms with Crippen LogP contribution >= 0.6 is 0 Å². The molecule has 0 aliphatic heterocycles. The van der Waals surface area contributed by atoms with Crippen molar-refractivity contribution in [1.29, 1.82) is 5.26 Å². The number of aromatic nitrogens is 2. The van der Waals surface area contributed by atoms with Crippen LogP contribution < -0.4 is 15.2 Å². The molecular weight excluding hydrogens is 518 g/mol. The summed E-state index contributed by atoms with van der Waals surface area (Å²) in [5.74, 6) is -1.75. The Morgan fingerprint density at radius 1 is 1.08 bits per heavy atom. The van der Waals surface area contributed by atoms with Crippen LogP contribution in [0.2, 0.25) is 25.7 Å². The molecule has 0 radical (unpaired) electrons. The molecule has 0 saturated carbocycles. The maximum absolute atomic E-state index is 14.6. The third kappa shape index (κ3) is 6.56. The van der Waals surface area contributed by atoms with E-state index in [0.717, 1.165) is 18.2 Å². The van der Waals surface area contributed by atoms with E-state index in [0.29, 0.717) is 40.1 Å². The molecular formula is C29H32F2N4O3Si. The van der Waals surface area contributed by atoms with Crippen LogP contribution in [0.25, 0.3) is 22.2 Å². The number of nitrogens with zero attached hydrogens (tertiary/aromatic N) is 3. The van der Waals surface area contributed by atoms with E-state index in [1.165, 1.54) is 6.20 Å². The van der Waals surface area contributed by atoms with Gasteiger partial charge in [-0.25, -0.2) is 13.8 Å². The minimum Gasteiger partial charge on any atom is -0.490 e. The number of ether oxygens (including phenoxy) is 3. The van der Waals surface area contributed by atoms with Crippen LogP contribution in [-0.2, 0) is 11.5 Å². The Morgan fingerprint density at radius 3 is 2.44 bits per heavy atom. The second-order valence-electron chi connectivity index (χ2n) is 10.8. The van der Waals surface area contributed by atoms with Crippen molar-refractivity contribution in [2.75, 3.05) is 12.3 Å². The van der Waals surface area contributed by atoms with E-state index in [9.17, 15) is 14.0 Å². The first-order valence-corrected chi connectivity index (χ1v) is 16.4. The standard InChI is InChI=1S/C29H32F2N4O3Si/c1-18(2)37-25-7-6-19(12-20(25)15-32)22-16-35(17-36-10-11-39(3,4)5)29-27(22)26(8-9-34-29)38-28-23(30)13-21(33)14-24(28)31/h6-9,12-14,16,18H,10-11,17,33H2,1-5H3. The number of rotatable bonds is 10. The number of anilines is 1. The fraction of sp³-hybridized carbons (Fsp3) is 0.310. The van der Waals surface area contributed by atoms with E-state index in [-0.39, 0.29) is 24.3 Å². The number of nitrogen functional groups attached to an aromatic ring is 1. The Hall–Kier alpha value is -3.94. The highest BCUT2D eigenvalue weighted by Gasteiger charge is 2.21. The second kappa shape index (κ2) is 11.4. The Morgan fingerprint density at radius 2 is 1.79 bits per heavy atom. The van der Waals surface area contributed by atoms with Gasteiger partial charge in [0.25, 0.3) is 0 Å². The summed E-state index contributed by atoms with van der Waals surface area (Å²) >= 11 is 0. The first-order valence-electron chi connectivity index (χ1n) is 12.7. The third-order valence-electron chi connectivity index (χ3n) is 5.95. The molecule has 0 spiro atoms. The lowest BCUT2D eigenvalue weighted by Gasteiger charge is -2.15. The number of halogens is 2. The van der Waals surface area contributed by atoms with Crippen LogP contribution in [0.4, 0.5) is 14.5 Å². The van der Waals surface area contributed by atoms with Crippen LogP contribution in [0.5, 0.6) is 17.2 Å². The Labute approximate surface area is 227 Å². The minimum absolute atomic E-state index is 0.0488. The van der Waals surface area contributed by atoms with E-state index in [1.54, 1.807) is 18.2 Å². The van der Waals surface area contributed by atoms with Crippen molar-refractivity contribution < 1.29 is 23.0 Å². The van der Waals surface area contributed by atoms with Gasteiger partial charge in [0.1, 0.15) is 29.9 Å². The Kier molecular flexibility index (Phi) is 8.23. The molecule has 10 heteroatoms. The SMILES string of the molecule is CC(C)Oc1ccc(-c2cn(COCC[Si](C)(C)C)c3nccc(Oc4c(F)cc(N)cc4F)c23)cc1C#N. The zero-order valence-corrected chi connectivity index (χ0v) is 23.7.